The predicted molar refractivity (Wildman–Crippen MR) is 79.1 cm³/mol. The Hall–Kier alpha value is -1.35. The van der Waals surface area contributed by atoms with Gasteiger partial charge in [-0.05, 0) is 44.5 Å². The summed E-state index contributed by atoms with van der Waals surface area (Å²) in [5.41, 5.74) is 1.95. The zero-order valence-electron chi connectivity index (χ0n) is 12.1. The Morgan fingerprint density at radius 2 is 1.79 bits per heavy atom. The van der Waals surface area contributed by atoms with Crippen molar-refractivity contribution in [2.75, 3.05) is 12.4 Å². The molecule has 3 heteroatoms. The molecule has 3 nitrogen and oxygen atoms in total. The molecule has 1 aromatic rings. The highest BCUT2D eigenvalue weighted by atomic mass is 16.2. The second-order valence-corrected chi connectivity index (χ2v) is 5.85. The molecular formula is C16H24N2O. The van der Waals surface area contributed by atoms with Gasteiger partial charge in [0, 0.05) is 17.1 Å². The van der Waals surface area contributed by atoms with E-state index in [-0.39, 0.29) is 11.3 Å². The quantitative estimate of drug-likeness (QED) is 0.870. The summed E-state index contributed by atoms with van der Waals surface area (Å²) < 4.78 is 0. The van der Waals surface area contributed by atoms with Gasteiger partial charge in [0.2, 0.25) is 5.91 Å². The average Bonchev–Trinajstić information content (AvgIpc) is 2.87. The third kappa shape index (κ3) is 3.16. The highest BCUT2D eigenvalue weighted by molar-refractivity contribution is 5.95. The van der Waals surface area contributed by atoms with Gasteiger partial charge in [-0.3, -0.25) is 4.79 Å². The van der Waals surface area contributed by atoms with Crippen LogP contribution in [0.2, 0.25) is 0 Å². The Balaban J connectivity index is 2.01. The topological polar surface area (TPSA) is 41.1 Å². The van der Waals surface area contributed by atoms with Gasteiger partial charge in [0.05, 0.1) is 0 Å². The second-order valence-electron chi connectivity index (χ2n) is 5.85. The Bertz CT molecular complexity index is 433. The van der Waals surface area contributed by atoms with Gasteiger partial charge in [0.15, 0.2) is 0 Å². The van der Waals surface area contributed by atoms with Gasteiger partial charge in [0.25, 0.3) is 0 Å². The molecule has 0 saturated heterocycles. The molecule has 1 aliphatic carbocycles. The van der Waals surface area contributed by atoms with Crippen LogP contribution in [-0.4, -0.2) is 13.0 Å². The van der Waals surface area contributed by atoms with Crippen molar-refractivity contribution in [3.63, 3.8) is 0 Å². The molecule has 1 aromatic carbocycles. The lowest BCUT2D eigenvalue weighted by Gasteiger charge is -2.22. The maximum absolute atomic E-state index is 12.3. The molecule has 0 heterocycles. The average molecular weight is 260 g/mol. The van der Waals surface area contributed by atoms with E-state index in [9.17, 15) is 4.79 Å². The molecule has 2 N–H and O–H groups in total. The lowest BCUT2D eigenvalue weighted by atomic mass is 9.88. The van der Waals surface area contributed by atoms with E-state index < -0.39 is 0 Å². The van der Waals surface area contributed by atoms with Gasteiger partial charge < -0.3 is 10.6 Å². The normalized spacial score (nSPS) is 19.1. The molecule has 0 aliphatic heterocycles. The van der Waals surface area contributed by atoms with Crippen LogP contribution in [0.5, 0.6) is 0 Å². The number of amides is 1. The van der Waals surface area contributed by atoms with Crippen LogP contribution in [0.4, 0.5) is 5.69 Å². The molecule has 1 unspecified atom stereocenters. The van der Waals surface area contributed by atoms with Gasteiger partial charge in [-0.25, -0.2) is 0 Å². The fourth-order valence-corrected chi connectivity index (χ4v) is 2.69. The number of carbonyl (C=O) groups is 1. The van der Waals surface area contributed by atoms with Crippen molar-refractivity contribution in [2.45, 2.75) is 45.6 Å². The Morgan fingerprint density at radius 3 is 2.32 bits per heavy atom. The van der Waals surface area contributed by atoms with Crippen LogP contribution < -0.4 is 10.6 Å². The summed E-state index contributed by atoms with van der Waals surface area (Å²) in [5.74, 6) is 0.166. The van der Waals surface area contributed by atoms with Crippen LogP contribution in [0.25, 0.3) is 0 Å². The number of rotatable bonds is 4. The number of hydrogen-bond donors (Lipinski definition) is 2. The van der Waals surface area contributed by atoms with E-state index >= 15 is 0 Å². The molecule has 19 heavy (non-hydrogen) atoms. The summed E-state index contributed by atoms with van der Waals surface area (Å²) >= 11 is 0. The van der Waals surface area contributed by atoms with Crippen LogP contribution in [0.15, 0.2) is 24.3 Å². The first-order valence-electron chi connectivity index (χ1n) is 7.14. The summed E-state index contributed by atoms with van der Waals surface area (Å²) in [7, 11) is 1.95. The Labute approximate surface area is 115 Å². The van der Waals surface area contributed by atoms with Crippen molar-refractivity contribution in [1.29, 1.82) is 0 Å². The fraction of sp³-hybridized carbons (Fsp3) is 0.562. The van der Waals surface area contributed by atoms with Gasteiger partial charge in [0.1, 0.15) is 0 Å². The van der Waals surface area contributed by atoms with E-state index in [0.717, 1.165) is 18.5 Å². The minimum Gasteiger partial charge on any atom is -0.326 e. The summed E-state index contributed by atoms with van der Waals surface area (Å²) in [6.45, 7) is 4.19. The third-order valence-corrected chi connectivity index (χ3v) is 4.36. The molecule has 0 bridgehead atoms. The smallest absolute Gasteiger partial charge is 0.230 e. The summed E-state index contributed by atoms with van der Waals surface area (Å²) in [6, 6.07) is 8.43. The zero-order chi connectivity index (χ0) is 13.9. The monoisotopic (exact) mass is 260 g/mol. The first-order valence-corrected chi connectivity index (χ1v) is 7.14. The minimum absolute atomic E-state index is 0.166. The van der Waals surface area contributed by atoms with E-state index in [2.05, 4.69) is 36.6 Å². The molecule has 1 saturated carbocycles. The molecule has 0 aromatic heterocycles. The lowest BCUT2D eigenvalue weighted by Crippen LogP contribution is -2.30. The first-order chi connectivity index (χ1) is 9.05. The van der Waals surface area contributed by atoms with E-state index in [1.165, 1.54) is 18.4 Å². The number of benzene rings is 1. The van der Waals surface area contributed by atoms with E-state index in [0.29, 0.717) is 6.04 Å². The van der Waals surface area contributed by atoms with Crippen molar-refractivity contribution >= 4 is 11.6 Å². The number of nitrogens with one attached hydrogen (secondary N) is 2. The standard InChI is InChI=1S/C16H24N2O/c1-12(17-3)13-6-8-14(9-7-13)18-15(19)16(2)10-4-5-11-16/h6-9,12,17H,4-5,10-11H2,1-3H3,(H,18,19). The lowest BCUT2D eigenvalue weighted by molar-refractivity contribution is -0.124. The van der Waals surface area contributed by atoms with Crippen molar-refractivity contribution < 1.29 is 4.79 Å². The van der Waals surface area contributed by atoms with Crippen molar-refractivity contribution in [3.8, 4) is 0 Å². The van der Waals surface area contributed by atoms with Gasteiger partial charge in [-0.15, -0.1) is 0 Å². The van der Waals surface area contributed by atoms with E-state index in [4.69, 9.17) is 0 Å². The maximum atomic E-state index is 12.3. The summed E-state index contributed by atoms with van der Waals surface area (Å²) in [6.07, 6.45) is 4.35. The largest absolute Gasteiger partial charge is 0.326 e. The van der Waals surface area contributed by atoms with Gasteiger partial charge in [-0.1, -0.05) is 31.9 Å². The van der Waals surface area contributed by atoms with E-state index in [1.54, 1.807) is 0 Å². The number of anilines is 1. The zero-order valence-corrected chi connectivity index (χ0v) is 12.1. The highest BCUT2D eigenvalue weighted by Crippen LogP contribution is 2.38. The third-order valence-electron chi connectivity index (χ3n) is 4.36. The molecule has 2 rings (SSSR count). The molecule has 1 atom stereocenters. The van der Waals surface area contributed by atoms with Crippen LogP contribution in [-0.2, 0) is 4.79 Å². The molecule has 1 amide bonds. The Kier molecular flexibility index (Phi) is 4.25. The van der Waals surface area contributed by atoms with E-state index in [1.807, 2.05) is 19.2 Å². The van der Waals surface area contributed by atoms with Crippen molar-refractivity contribution in [3.05, 3.63) is 29.8 Å². The van der Waals surface area contributed by atoms with Crippen LogP contribution in [0.3, 0.4) is 0 Å². The van der Waals surface area contributed by atoms with Crippen LogP contribution in [0, 0.1) is 5.41 Å². The Morgan fingerprint density at radius 1 is 1.21 bits per heavy atom. The molecular weight excluding hydrogens is 236 g/mol. The SMILES string of the molecule is CNC(C)c1ccc(NC(=O)C2(C)CCCC2)cc1. The summed E-state index contributed by atoms with van der Waals surface area (Å²) in [4.78, 5) is 12.3. The predicted octanol–water partition coefficient (Wildman–Crippen LogP) is 3.49. The van der Waals surface area contributed by atoms with Crippen LogP contribution >= 0.6 is 0 Å². The van der Waals surface area contributed by atoms with Crippen molar-refractivity contribution in [2.24, 2.45) is 5.41 Å². The number of carbonyl (C=O) groups excluding carboxylic acids is 1. The molecule has 0 spiro atoms. The van der Waals surface area contributed by atoms with Crippen LogP contribution in [0.1, 0.15) is 51.1 Å². The minimum atomic E-state index is -0.170. The number of hydrogen-bond acceptors (Lipinski definition) is 2. The highest BCUT2D eigenvalue weighted by Gasteiger charge is 2.36. The molecule has 0 radical (unpaired) electrons. The molecule has 1 aliphatic rings. The maximum Gasteiger partial charge on any atom is 0.230 e. The molecule has 1 fully saturated rings. The van der Waals surface area contributed by atoms with Gasteiger partial charge >= 0.3 is 0 Å². The fourth-order valence-electron chi connectivity index (χ4n) is 2.69. The summed E-state index contributed by atoms with van der Waals surface area (Å²) in [5, 5.41) is 6.25. The van der Waals surface area contributed by atoms with Gasteiger partial charge in [-0.2, -0.15) is 0 Å². The first kappa shape index (κ1) is 14.1. The second kappa shape index (κ2) is 5.74. The van der Waals surface area contributed by atoms with Crippen molar-refractivity contribution in [1.82, 2.24) is 5.32 Å². The molecule has 104 valence electrons.